The standard InChI is InChI=1S/C15H20N4O2/c1-20-13-4-2-12(3-5-13)10-14-17-15(21-18-14)11-19-8-6-16-7-9-19/h2-5,16H,6-11H2,1H3. The molecule has 0 bridgehead atoms. The van der Waals surface area contributed by atoms with Gasteiger partial charge in [-0.3, -0.25) is 4.90 Å². The summed E-state index contributed by atoms with van der Waals surface area (Å²) in [5.41, 5.74) is 1.14. The molecule has 112 valence electrons. The summed E-state index contributed by atoms with van der Waals surface area (Å²) >= 11 is 0. The van der Waals surface area contributed by atoms with Crippen LogP contribution in [-0.2, 0) is 13.0 Å². The number of nitrogens with zero attached hydrogens (tertiary/aromatic N) is 3. The third-order valence-electron chi connectivity index (χ3n) is 3.60. The van der Waals surface area contributed by atoms with Gasteiger partial charge in [0, 0.05) is 32.6 Å². The minimum atomic E-state index is 0.676. The predicted molar refractivity (Wildman–Crippen MR) is 78.2 cm³/mol. The van der Waals surface area contributed by atoms with Crippen molar-refractivity contribution >= 4 is 0 Å². The average molecular weight is 288 g/mol. The minimum absolute atomic E-state index is 0.676. The fourth-order valence-electron chi connectivity index (χ4n) is 2.41. The van der Waals surface area contributed by atoms with Crippen LogP contribution >= 0.6 is 0 Å². The molecule has 0 saturated carbocycles. The minimum Gasteiger partial charge on any atom is -0.497 e. The Balaban J connectivity index is 1.58. The van der Waals surface area contributed by atoms with E-state index >= 15 is 0 Å². The van der Waals surface area contributed by atoms with Crippen molar-refractivity contribution in [3.63, 3.8) is 0 Å². The lowest BCUT2D eigenvalue weighted by Crippen LogP contribution is -2.42. The van der Waals surface area contributed by atoms with Crippen molar-refractivity contribution in [2.45, 2.75) is 13.0 Å². The Morgan fingerprint density at radius 2 is 2.00 bits per heavy atom. The van der Waals surface area contributed by atoms with Crippen molar-refractivity contribution in [1.29, 1.82) is 0 Å². The Kier molecular flexibility index (Phi) is 4.47. The highest BCUT2D eigenvalue weighted by Gasteiger charge is 2.14. The summed E-state index contributed by atoms with van der Waals surface area (Å²) in [5, 5.41) is 7.39. The molecule has 0 radical (unpaired) electrons. The average Bonchev–Trinajstić information content (AvgIpc) is 2.96. The summed E-state index contributed by atoms with van der Waals surface area (Å²) in [5.74, 6) is 2.27. The first-order valence-electron chi connectivity index (χ1n) is 7.21. The van der Waals surface area contributed by atoms with Gasteiger partial charge in [0.25, 0.3) is 0 Å². The Morgan fingerprint density at radius 3 is 2.71 bits per heavy atom. The van der Waals surface area contributed by atoms with Crippen molar-refractivity contribution in [2.24, 2.45) is 0 Å². The molecule has 0 atom stereocenters. The van der Waals surface area contributed by atoms with Crippen LogP contribution in [0.3, 0.4) is 0 Å². The summed E-state index contributed by atoms with van der Waals surface area (Å²) in [4.78, 5) is 6.79. The normalized spacial score (nSPS) is 16.0. The van der Waals surface area contributed by atoms with E-state index in [1.807, 2.05) is 24.3 Å². The molecule has 1 N–H and O–H groups in total. The molecule has 1 aliphatic rings. The SMILES string of the molecule is COc1ccc(Cc2noc(CN3CCNCC3)n2)cc1. The van der Waals surface area contributed by atoms with Crippen molar-refractivity contribution < 1.29 is 9.26 Å². The Bertz CT molecular complexity index is 561. The van der Waals surface area contributed by atoms with E-state index in [0.29, 0.717) is 12.3 Å². The van der Waals surface area contributed by atoms with Gasteiger partial charge >= 0.3 is 0 Å². The van der Waals surface area contributed by atoms with Crippen molar-refractivity contribution in [3.05, 3.63) is 41.5 Å². The molecule has 1 aliphatic heterocycles. The van der Waals surface area contributed by atoms with E-state index in [1.54, 1.807) is 7.11 Å². The van der Waals surface area contributed by atoms with Crippen LogP contribution in [0, 0.1) is 0 Å². The van der Waals surface area contributed by atoms with Gasteiger partial charge in [-0.2, -0.15) is 4.98 Å². The first-order valence-corrected chi connectivity index (χ1v) is 7.21. The van der Waals surface area contributed by atoms with Crippen LogP contribution in [0.2, 0.25) is 0 Å². The second-order valence-electron chi connectivity index (χ2n) is 5.16. The second-order valence-corrected chi connectivity index (χ2v) is 5.16. The Labute approximate surface area is 124 Å². The molecule has 0 aliphatic carbocycles. The van der Waals surface area contributed by atoms with Crippen LogP contribution in [-0.4, -0.2) is 48.3 Å². The molecule has 2 heterocycles. The molecule has 1 aromatic heterocycles. The summed E-state index contributed by atoms with van der Waals surface area (Å²) < 4.78 is 10.5. The van der Waals surface area contributed by atoms with Gasteiger partial charge < -0.3 is 14.6 Å². The maximum absolute atomic E-state index is 5.34. The molecular formula is C15H20N4O2. The quantitative estimate of drug-likeness (QED) is 0.888. The second kappa shape index (κ2) is 6.69. The van der Waals surface area contributed by atoms with E-state index in [9.17, 15) is 0 Å². The van der Waals surface area contributed by atoms with Crippen LogP contribution in [0.4, 0.5) is 0 Å². The molecule has 21 heavy (non-hydrogen) atoms. The number of hydrogen-bond acceptors (Lipinski definition) is 6. The zero-order chi connectivity index (χ0) is 14.5. The monoisotopic (exact) mass is 288 g/mol. The lowest BCUT2D eigenvalue weighted by Gasteiger charge is -2.25. The zero-order valence-electron chi connectivity index (χ0n) is 12.2. The van der Waals surface area contributed by atoms with Crippen LogP contribution < -0.4 is 10.1 Å². The third kappa shape index (κ3) is 3.80. The van der Waals surface area contributed by atoms with Gasteiger partial charge in [-0.25, -0.2) is 0 Å². The van der Waals surface area contributed by atoms with E-state index in [4.69, 9.17) is 9.26 Å². The summed E-state index contributed by atoms with van der Waals surface area (Å²) in [6.07, 6.45) is 0.676. The number of aromatic nitrogens is 2. The topological polar surface area (TPSA) is 63.4 Å². The van der Waals surface area contributed by atoms with Gasteiger partial charge in [0.15, 0.2) is 5.82 Å². The van der Waals surface area contributed by atoms with Gasteiger partial charge in [0.2, 0.25) is 5.89 Å². The van der Waals surface area contributed by atoms with E-state index in [2.05, 4.69) is 20.4 Å². The van der Waals surface area contributed by atoms with Crippen LogP contribution in [0.15, 0.2) is 28.8 Å². The van der Waals surface area contributed by atoms with Crippen molar-refractivity contribution in [1.82, 2.24) is 20.4 Å². The maximum atomic E-state index is 5.34. The number of benzene rings is 1. The Hall–Kier alpha value is -1.92. The molecule has 2 aromatic rings. The summed E-state index contributed by atoms with van der Waals surface area (Å²) in [6.45, 7) is 4.82. The van der Waals surface area contributed by atoms with Crippen LogP contribution in [0.5, 0.6) is 5.75 Å². The highest BCUT2D eigenvalue weighted by molar-refractivity contribution is 5.28. The van der Waals surface area contributed by atoms with Crippen LogP contribution in [0.1, 0.15) is 17.3 Å². The lowest BCUT2D eigenvalue weighted by atomic mass is 10.1. The smallest absolute Gasteiger partial charge is 0.240 e. The largest absolute Gasteiger partial charge is 0.497 e. The van der Waals surface area contributed by atoms with E-state index in [-0.39, 0.29) is 0 Å². The fraction of sp³-hybridized carbons (Fsp3) is 0.467. The third-order valence-corrected chi connectivity index (χ3v) is 3.60. The van der Waals surface area contributed by atoms with Crippen molar-refractivity contribution in [2.75, 3.05) is 33.3 Å². The molecule has 6 nitrogen and oxygen atoms in total. The maximum Gasteiger partial charge on any atom is 0.240 e. The van der Waals surface area contributed by atoms with Gasteiger partial charge in [0.05, 0.1) is 13.7 Å². The van der Waals surface area contributed by atoms with Gasteiger partial charge in [0.1, 0.15) is 5.75 Å². The lowest BCUT2D eigenvalue weighted by molar-refractivity contribution is 0.203. The number of hydrogen-bond donors (Lipinski definition) is 1. The number of rotatable bonds is 5. The van der Waals surface area contributed by atoms with Gasteiger partial charge in [-0.1, -0.05) is 17.3 Å². The number of ether oxygens (including phenoxy) is 1. The zero-order valence-corrected chi connectivity index (χ0v) is 12.2. The molecular weight excluding hydrogens is 268 g/mol. The van der Waals surface area contributed by atoms with E-state index < -0.39 is 0 Å². The van der Waals surface area contributed by atoms with Crippen molar-refractivity contribution in [3.8, 4) is 5.75 Å². The molecule has 1 saturated heterocycles. The van der Waals surface area contributed by atoms with Crippen LogP contribution in [0.25, 0.3) is 0 Å². The predicted octanol–water partition coefficient (Wildman–Crippen LogP) is 1.07. The highest BCUT2D eigenvalue weighted by atomic mass is 16.5. The fourth-order valence-corrected chi connectivity index (χ4v) is 2.41. The summed E-state index contributed by atoms with van der Waals surface area (Å²) in [6, 6.07) is 7.92. The molecule has 1 aromatic carbocycles. The van der Waals surface area contributed by atoms with Gasteiger partial charge in [-0.15, -0.1) is 0 Å². The molecule has 0 spiro atoms. The highest BCUT2D eigenvalue weighted by Crippen LogP contribution is 2.14. The van der Waals surface area contributed by atoms with E-state index in [0.717, 1.165) is 49.9 Å². The summed E-state index contributed by atoms with van der Waals surface area (Å²) in [7, 11) is 1.66. The molecule has 0 unspecified atom stereocenters. The number of piperazine rings is 1. The molecule has 6 heteroatoms. The molecule has 0 amide bonds. The Morgan fingerprint density at radius 1 is 1.24 bits per heavy atom. The molecule has 1 fully saturated rings. The number of nitrogens with one attached hydrogen (secondary N) is 1. The first kappa shape index (κ1) is 14.0. The van der Waals surface area contributed by atoms with Gasteiger partial charge in [-0.05, 0) is 17.7 Å². The number of methoxy groups -OCH3 is 1. The molecule has 3 rings (SSSR count). The van der Waals surface area contributed by atoms with E-state index in [1.165, 1.54) is 0 Å². The first-order chi connectivity index (χ1) is 10.3.